The number of hydrogen-bond donors (Lipinski definition) is 0. The van der Waals surface area contributed by atoms with Gasteiger partial charge in [0.05, 0.1) is 0 Å². The average Bonchev–Trinajstić information content (AvgIpc) is 2.71. The molecule has 0 saturated carbocycles. The zero-order valence-corrected chi connectivity index (χ0v) is 20.0. The summed E-state index contributed by atoms with van der Waals surface area (Å²) < 4.78 is 1.61. The fourth-order valence-electron chi connectivity index (χ4n) is 4.19. The number of amides is 2. The second kappa shape index (κ2) is 9.69. The largest absolute Gasteiger partial charge is 0.335 e. The summed E-state index contributed by atoms with van der Waals surface area (Å²) in [5.41, 5.74) is 4.00. The van der Waals surface area contributed by atoms with Gasteiger partial charge in [-0.3, -0.25) is 14.4 Å². The predicted octanol–water partition coefficient (Wildman–Crippen LogP) is 2.38. The van der Waals surface area contributed by atoms with Crippen molar-refractivity contribution in [1.29, 1.82) is 0 Å². The van der Waals surface area contributed by atoms with Crippen molar-refractivity contribution in [3.05, 3.63) is 68.6 Å². The van der Waals surface area contributed by atoms with Crippen LogP contribution >= 0.6 is 0 Å². The van der Waals surface area contributed by atoms with Crippen molar-refractivity contribution in [2.45, 2.75) is 40.3 Å². The molecule has 7 nitrogen and oxygen atoms in total. The number of carbonyl (C=O) groups is 2. The standard InChI is InChI=1S/C25H34N4O3/c1-17-7-8-21(13-19(17)3)15-27-11-12-28(16-22(27)30)24(31)23-18(2)9-10-29(25(23)32)20(4)14-26(5)6/h7-10,13,20H,11-12,14-16H2,1-6H3. The van der Waals surface area contributed by atoms with Crippen molar-refractivity contribution in [3.63, 3.8) is 0 Å². The smallest absolute Gasteiger partial charge is 0.263 e. The van der Waals surface area contributed by atoms with Crippen molar-refractivity contribution >= 4 is 11.8 Å². The Morgan fingerprint density at radius 1 is 1.03 bits per heavy atom. The highest BCUT2D eigenvalue weighted by atomic mass is 16.2. The summed E-state index contributed by atoms with van der Waals surface area (Å²) in [7, 11) is 3.90. The molecular formula is C25H34N4O3. The number of benzene rings is 1. The molecule has 1 aliphatic heterocycles. The zero-order valence-electron chi connectivity index (χ0n) is 20.0. The molecular weight excluding hydrogens is 404 g/mol. The van der Waals surface area contributed by atoms with Crippen LogP contribution in [0.25, 0.3) is 0 Å². The minimum Gasteiger partial charge on any atom is -0.335 e. The molecule has 1 atom stereocenters. The van der Waals surface area contributed by atoms with E-state index in [2.05, 4.69) is 26.0 Å². The fraction of sp³-hybridized carbons (Fsp3) is 0.480. The third-order valence-corrected chi connectivity index (χ3v) is 6.20. The van der Waals surface area contributed by atoms with E-state index in [4.69, 9.17) is 0 Å². The lowest BCUT2D eigenvalue weighted by molar-refractivity contribution is -0.135. The summed E-state index contributed by atoms with van der Waals surface area (Å²) >= 11 is 0. The Balaban J connectivity index is 1.75. The van der Waals surface area contributed by atoms with Gasteiger partial charge in [0.25, 0.3) is 11.5 Å². The molecule has 2 amide bonds. The van der Waals surface area contributed by atoms with E-state index in [1.807, 2.05) is 32.0 Å². The van der Waals surface area contributed by atoms with E-state index in [1.165, 1.54) is 16.0 Å². The van der Waals surface area contributed by atoms with Gasteiger partial charge in [0.1, 0.15) is 12.1 Å². The van der Waals surface area contributed by atoms with Crippen LogP contribution in [0.5, 0.6) is 0 Å². The lowest BCUT2D eigenvalue weighted by Gasteiger charge is -2.34. The quantitative estimate of drug-likeness (QED) is 0.695. The highest BCUT2D eigenvalue weighted by Gasteiger charge is 2.30. The highest BCUT2D eigenvalue weighted by Crippen LogP contribution is 2.16. The third-order valence-electron chi connectivity index (χ3n) is 6.20. The first kappa shape index (κ1) is 23.7. The van der Waals surface area contributed by atoms with Crippen LogP contribution in [0.15, 0.2) is 35.3 Å². The van der Waals surface area contributed by atoms with Crippen LogP contribution in [0, 0.1) is 20.8 Å². The van der Waals surface area contributed by atoms with Crippen LogP contribution in [0.4, 0.5) is 0 Å². The van der Waals surface area contributed by atoms with Gasteiger partial charge >= 0.3 is 0 Å². The summed E-state index contributed by atoms with van der Waals surface area (Å²) in [6, 6.07) is 7.94. The SMILES string of the molecule is Cc1ccc(CN2CCN(C(=O)c3c(C)ccn(C(C)CN(C)C)c3=O)CC2=O)cc1C. The molecule has 0 spiro atoms. The Kier molecular flexibility index (Phi) is 7.19. The van der Waals surface area contributed by atoms with E-state index in [-0.39, 0.29) is 35.5 Å². The normalized spacial score (nSPS) is 15.4. The first-order valence-electron chi connectivity index (χ1n) is 11.1. The monoisotopic (exact) mass is 438 g/mol. The van der Waals surface area contributed by atoms with E-state index in [0.29, 0.717) is 31.7 Å². The molecule has 7 heteroatoms. The van der Waals surface area contributed by atoms with E-state index in [1.54, 1.807) is 28.7 Å². The fourth-order valence-corrected chi connectivity index (χ4v) is 4.19. The number of rotatable bonds is 6. The van der Waals surface area contributed by atoms with Crippen molar-refractivity contribution < 1.29 is 9.59 Å². The topological polar surface area (TPSA) is 65.9 Å². The van der Waals surface area contributed by atoms with Crippen LogP contribution in [0.3, 0.4) is 0 Å². The molecule has 1 fully saturated rings. The molecule has 2 heterocycles. The second-order valence-corrected chi connectivity index (χ2v) is 9.16. The average molecular weight is 439 g/mol. The zero-order chi connectivity index (χ0) is 23.6. The maximum absolute atomic E-state index is 13.3. The van der Waals surface area contributed by atoms with Gasteiger partial charge in [0, 0.05) is 38.4 Å². The Hall–Kier alpha value is -2.93. The molecule has 0 bridgehead atoms. The molecule has 0 N–H and O–H groups in total. The highest BCUT2D eigenvalue weighted by molar-refractivity contribution is 5.97. The Labute approximate surface area is 190 Å². The molecule has 1 unspecified atom stereocenters. The number of likely N-dealkylation sites (N-methyl/N-ethyl adjacent to an activating group) is 1. The number of piperazine rings is 1. The Morgan fingerprint density at radius 3 is 2.38 bits per heavy atom. The number of aromatic nitrogens is 1. The van der Waals surface area contributed by atoms with E-state index < -0.39 is 0 Å². The summed E-state index contributed by atoms with van der Waals surface area (Å²) in [6.07, 6.45) is 1.75. The first-order valence-corrected chi connectivity index (χ1v) is 11.1. The second-order valence-electron chi connectivity index (χ2n) is 9.16. The van der Waals surface area contributed by atoms with Gasteiger partial charge in [-0.25, -0.2) is 0 Å². The van der Waals surface area contributed by atoms with Crippen molar-refractivity contribution in [3.8, 4) is 0 Å². The molecule has 3 rings (SSSR count). The maximum Gasteiger partial charge on any atom is 0.263 e. The minimum atomic E-state index is -0.363. The van der Waals surface area contributed by atoms with E-state index in [0.717, 1.165) is 5.56 Å². The molecule has 2 aromatic rings. The number of hydrogen-bond acceptors (Lipinski definition) is 4. The summed E-state index contributed by atoms with van der Waals surface area (Å²) in [6.45, 7) is 9.93. The summed E-state index contributed by atoms with van der Waals surface area (Å²) in [5.74, 6) is -0.462. The van der Waals surface area contributed by atoms with Gasteiger partial charge in [0.15, 0.2) is 0 Å². The molecule has 0 aliphatic carbocycles. The van der Waals surface area contributed by atoms with Gasteiger partial charge < -0.3 is 19.3 Å². The van der Waals surface area contributed by atoms with Gasteiger partial charge in [-0.1, -0.05) is 18.2 Å². The van der Waals surface area contributed by atoms with Crippen LogP contribution < -0.4 is 5.56 Å². The lowest BCUT2D eigenvalue weighted by Crippen LogP contribution is -2.52. The molecule has 172 valence electrons. The number of pyridine rings is 1. The van der Waals surface area contributed by atoms with Crippen molar-refractivity contribution in [2.75, 3.05) is 40.3 Å². The summed E-state index contributed by atoms with van der Waals surface area (Å²) in [4.78, 5) is 44.5. The van der Waals surface area contributed by atoms with E-state index in [9.17, 15) is 14.4 Å². The van der Waals surface area contributed by atoms with Crippen LogP contribution in [0.2, 0.25) is 0 Å². The lowest BCUT2D eigenvalue weighted by atomic mass is 10.1. The molecule has 1 aromatic carbocycles. The molecule has 1 aromatic heterocycles. The van der Waals surface area contributed by atoms with Gasteiger partial charge in [0.2, 0.25) is 5.91 Å². The predicted molar refractivity (Wildman–Crippen MR) is 126 cm³/mol. The molecule has 1 saturated heterocycles. The van der Waals surface area contributed by atoms with E-state index >= 15 is 0 Å². The number of carbonyl (C=O) groups excluding carboxylic acids is 2. The van der Waals surface area contributed by atoms with Crippen molar-refractivity contribution in [1.82, 2.24) is 19.3 Å². The number of nitrogens with zero attached hydrogens (tertiary/aromatic N) is 4. The molecule has 32 heavy (non-hydrogen) atoms. The van der Waals surface area contributed by atoms with Crippen molar-refractivity contribution in [2.24, 2.45) is 0 Å². The Morgan fingerprint density at radius 2 is 1.75 bits per heavy atom. The third kappa shape index (κ3) is 5.10. The summed E-state index contributed by atoms with van der Waals surface area (Å²) in [5, 5.41) is 0. The minimum absolute atomic E-state index is 0.00922. The van der Waals surface area contributed by atoms with Gasteiger partial charge in [-0.05, 0) is 70.1 Å². The maximum atomic E-state index is 13.3. The van der Waals surface area contributed by atoms with Gasteiger partial charge in [-0.2, -0.15) is 0 Å². The van der Waals surface area contributed by atoms with Crippen LogP contribution in [-0.4, -0.2) is 71.4 Å². The van der Waals surface area contributed by atoms with Crippen LogP contribution in [0.1, 0.15) is 45.6 Å². The first-order chi connectivity index (χ1) is 15.1. The molecule has 0 radical (unpaired) electrons. The van der Waals surface area contributed by atoms with Crippen LogP contribution in [-0.2, 0) is 11.3 Å². The Bertz CT molecular complexity index is 1070. The molecule has 1 aliphatic rings. The van der Waals surface area contributed by atoms with Gasteiger partial charge in [-0.15, -0.1) is 0 Å². The number of aryl methyl sites for hydroxylation is 3.